The molecule has 0 bridgehead atoms. The van der Waals surface area contributed by atoms with Crippen LogP contribution in [0.1, 0.15) is 32.6 Å². The quantitative estimate of drug-likeness (QED) is 0.668. The molecule has 0 aromatic heterocycles. The van der Waals surface area contributed by atoms with Crippen molar-refractivity contribution in [1.82, 2.24) is 5.32 Å². The summed E-state index contributed by atoms with van der Waals surface area (Å²) in [5.74, 6) is 1.75. The summed E-state index contributed by atoms with van der Waals surface area (Å²) in [7, 11) is 0. The van der Waals surface area contributed by atoms with E-state index in [-0.39, 0.29) is 0 Å². The Balaban J connectivity index is 2.09. The second-order valence-electron chi connectivity index (χ2n) is 3.93. The van der Waals surface area contributed by atoms with Crippen molar-refractivity contribution in [1.29, 1.82) is 0 Å². The summed E-state index contributed by atoms with van der Waals surface area (Å²) in [4.78, 5) is 0. The van der Waals surface area contributed by atoms with Gasteiger partial charge in [0.05, 0.1) is 0 Å². The molecule has 0 unspecified atom stereocenters. The fourth-order valence-electron chi connectivity index (χ4n) is 2.02. The first-order chi connectivity index (χ1) is 5.86. The summed E-state index contributed by atoms with van der Waals surface area (Å²) in [6, 6.07) is 0. The van der Waals surface area contributed by atoms with Crippen LogP contribution in [0.15, 0.2) is 0 Å². The van der Waals surface area contributed by atoms with Crippen LogP contribution in [-0.4, -0.2) is 19.6 Å². The first kappa shape index (κ1) is 10.0. The van der Waals surface area contributed by atoms with Gasteiger partial charge in [-0.15, -0.1) is 0 Å². The van der Waals surface area contributed by atoms with Crippen molar-refractivity contribution in [3.8, 4) is 0 Å². The van der Waals surface area contributed by atoms with Crippen molar-refractivity contribution >= 4 is 0 Å². The van der Waals surface area contributed by atoms with Gasteiger partial charge in [-0.1, -0.05) is 6.92 Å². The lowest BCUT2D eigenvalue weighted by Crippen LogP contribution is -2.28. The van der Waals surface area contributed by atoms with Gasteiger partial charge in [-0.3, -0.25) is 0 Å². The molecule has 0 heterocycles. The van der Waals surface area contributed by atoms with Crippen LogP contribution in [0.2, 0.25) is 0 Å². The van der Waals surface area contributed by atoms with Gasteiger partial charge in [-0.05, 0) is 57.2 Å². The maximum Gasteiger partial charge on any atom is -0.00206 e. The van der Waals surface area contributed by atoms with Crippen molar-refractivity contribution in [3.63, 3.8) is 0 Å². The molecule has 0 aromatic carbocycles. The highest BCUT2D eigenvalue weighted by atomic mass is 14.8. The standard InChI is InChI=1S/C10H22N2/c1-2-12-8-10-5-3-9(7-11)4-6-10/h9-10,12H,2-8,11H2,1H3/t9-,10+. The number of nitrogens with two attached hydrogens (primary N) is 1. The summed E-state index contributed by atoms with van der Waals surface area (Å²) in [5, 5.41) is 3.42. The van der Waals surface area contributed by atoms with E-state index in [9.17, 15) is 0 Å². The molecule has 1 rings (SSSR count). The van der Waals surface area contributed by atoms with E-state index in [2.05, 4.69) is 12.2 Å². The highest BCUT2D eigenvalue weighted by Crippen LogP contribution is 2.27. The lowest BCUT2D eigenvalue weighted by Gasteiger charge is -2.27. The van der Waals surface area contributed by atoms with Crippen LogP contribution >= 0.6 is 0 Å². The average molecular weight is 170 g/mol. The molecule has 12 heavy (non-hydrogen) atoms. The van der Waals surface area contributed by atoms with E-state index in [1.807, 2.05) is 0 Å². The Morgan fingerprint density at radius 1 is 1.17 bits per heavy atom. The lowest BCUT2D eigenvalue weighted by molar-refractivity contribution is 0.273. The highest BCUT2D eigenvalue weighted by Gasteiger charge is 2.19. The number of hydrogen-bond donors (Lipinski definition) is 2. The van der Waals surface area contributed by atoms with Gasteiger partial charge in [-0.25, -0.2) is 0 Å². The van der Waals surface area contributed by atoms with E-state index in [0.717, 1.165) is 24.9 Å². The zero-order chi connectivity index (χ0) is 8.81. The minimum absolute atomic E-state index is 0.822. The molecule has 3 N–H and O–H groups in total. The predicted molar refractivity (Wildman–Crippen MR) is 53.0 cm³/mol. The van der Waals surface area contributed by atoms with Crippen molar-refractivity contribution in [2.24, 2.45) is 17.6 Å². The maximum atomic E-state index is 5.63. The van der Waals surface area contributed by atoms with Crippen LogP contribution in [0.5, 0.6) is 0 Å². The van der Waals surface area contributed by atoms with E-state index < -0.39 is 0 Å². The van der Waals surface area contributed by atoms with Gasteiger partial charge in [0.25, 0.3) is 0 Å². The molecule has 0 spiro atoms. The molecule has 1 saturated carbocycles. The number of hydrogen-bond acceptors (Lipinski definition) is 2. The van der Waals surface area contributed by atoms with E-state index in [1.54, 1.807) is 0 Å². The Morgan fingerprint density at radius 3 is 2.25 bits per heavy atom. The Bertz CT molecular complexity index is 106. The normalized spacial score (nSPS) is 30.5. The smallest absolute Gasteiger partial charge is 0.00206 e. The number of rotatable bonds is 4. The lowest BCUT2D eigenvalue weighted by atomic mass is 9.82. The van der Waals surface area contributed by atoms with Crippen LogP contribution in [0, 0.1) is 11.8 Å². The molecule has 2 heteroatoms. The SMILES string of the molecule is CCNC[C@H]1CC[C@@H](CN)CC1. The Kier molecular flexibility index (Phi) is 4.62. The van der Waals surface area contributed by atoms with Crippen LogP contribution in [0.25, 0.3) is 0 Å². The Labute approximate surface area is 75.9 Å². The molecule has 0 aliphatic heterocycles. The average Bonchev–Trinajstić information content (AvgIpc) is 2.15. The summed E-state index contributed by atoms with van der Waals surface area (Å²) in [6.07, 6.45) is 5.48. The Morgan fingerprint density at radius 2 is 1.75 bits per heavy atom. The maximum absolute atomic E-state index is 5.63. The van der Waals surface area contributed by atoms with Gasteiger partial charge in [0.2, 0.25) is 0 Å². The summed E-state index contributed by atoms with van der Waals surface area (Å²) in [6.45, 7) is 5.39. The van der Waals surface area contributed by atoms with E-state index in [4.69, 9.17) is 5.73 Å². The first-order valence-electron chi connectivity index (χ1n) is 5.27. The zero-order valence-corrected chi connectivity index (χ0v) is 8.18. The molecule has 0 radical (unpaired) electrons. The molecule has 1 aliphatic carbocycles. The van der Waals surface area contributed by atoms with Crippen molar-refractivity contribution in [2.45, 2.75) is 32.6 Å². The molecule has 0 atom stereocenters. The minimum atomic E-state index is 0.822. The second kappa shape index (κ2) is 5.55. The highest BCUT2D eigenvalue weighted by molar-refractivity contribution is 4.74. The van der Waals surface area contributed by atoms with Crippen LogP contribution in [0.3, 0.4) is 0 Å². The summed E-state index contributed by atoms with van der Waals surface area (Å²) >= 11 is 0. The molecule has 1 fully saturated rings. The largest absolute Gasteiger partial charge is 0.330 e. The topological polar surface area (TPSA) is 38.0 Å². The molecular formula is C10H22N2. The van der Waals surface area contributed by atoms with Crippen molar-refractivity contribution in [3.05, 3.63) is 0 Å². The van der Waals surface area contributed by atoms with Crippen LogP contribution in [-0.2, 0) is 0 Å². The molecular weight excluding hydrogens is 148 g/mol. The number of nitrogens with one attached hydrogen (secondary N) is 1. The monoisotopic (exact) mass is 170 g/mol. The molecule has 0 amide bonds. The summed E-state index contributed by atoms with van der Waals surface area (Å²) in [5.41, 5.74) is 5.63. The minimum Gasteiger partial charge on any atom is -0.330 e. The zero-order valence-electron chi connectivity index (χ0n) is 8.18. The molecule has 0 aromatic rings. The van der Waals surface area contributed by atoms with Gasteiger partial charge < -0.3 is 11.1 Å². The van der Waals surface area contributed by atoms with Gasteiger partial charge in [0, 0.05) is 0 Å². The van der Waals surface area contributed by atoms with Gasteiger partial charge in [-0.2, -0.15) is 0 Å². The molecule has 2 nitrogen and oxygen atoms in total. The van der Waals surface area contributed by atoms with E-state index in [0.29, 0.717) is 0 Å². The first-order valence-corrected chi connectivity index (χ1v) is 5.27. The van der Waals surface area contributed by atoms with E-state index in [1.165, 1.54) is 32.2 Å². The molecule has 72 valence electrons. The molecule has 0 saturated heterocycles. The second-order valence-corrected chi connectivity index (χ2v) is 3.93. The van der Waals surface area contributed by atoms with Gasteiger partial charge in [0.1, 0.15) is 0 Å². The van der Waals surface area contributed by atoms with Crippen molar-refractivity contribution in [2.75, 3.05) is 19.6 Å². The van der Waals surface area contributed by atoms with Gasteiger partial charge >= 0.3 is 0 Å². The summed E-state index contributed by atoms with van der Waals surface area (Å²) < 4.78 is 0. The van der Waals surface area contributed by atoms with Crippen LogP contribution in [0.4, 0.5) is 0 Å². The predicted octanol–water partition coefficient (Wildman–Crippen LogP) is 1.36. The fraction of sp³-hybridized carbons (Fsp3) is 1.00. The molecule has 1 aliphatic rings. The third kappa shape index (κ3) is 3.11. The van der Waals surface area contributed by atoms with Gasteiger partial charge in [0.15, 0.2) is 0 Å². The van der Waals surface area contributed by atoms with Crippen LogP contribution < -0.4 is 11.1 Å². The van der Waals surface area contributed by atoms with Crippen molar-refractivity contribution < 1.29 is 0 Å². The Hall–Kier alpha value is -0.0800. The third-order valence-corrected chi connectivity index (χ3v) is 2.98. The fourth-order valence-corrected chi connectivity index (χ4v) is 2.02. The third-order valence-electron chi connectivity index (χ3n) is 2.98. The van der Waals surface area contributed by atoms with E-state index >= 15 is 0 Å².